The first-order valence-corrected chi connectivity index (χ1v) is 13.0. The Morgan fingerprint density at radius 3 is 2.31 bits per heavy atom. The van der Waals surface area contributed by atoms with Gasteiger partial charge in [0.1, 0.15) is 5.78 Å². The van der Waals surface area contributed by atoms with Crippen LogP contribution in [0.4, 0.5) is 0 Å². The topological polar surface area (TPSA) is 114 Å². The second-order valence-electron chi connectivity index (χ2n) is 9.34. The first-order chi connectivity index (χ1) is 16.8. The molecule has 0 heterocycles. The largest absolute Gasteiger partial charge is 0.435 e. The average molecular weight is 500 g/mol. The van der Waals surface area contributed by atoms with E-state index in [4.69, 9.17) is 14.2 Å². The van der Waals surface area contributed by atoms with Crippen molar-refractivity contribution in [2.45, 2.75) is 116 Å². The van der Waals surface area contributed by atoms with Gasteiger partial charge in [0.25, 0.3) is 5.09 Å². The third-order valence-electron chi connectivity index (χ3n) is 6.75. The maximum Gasteiger partial charge on any atom is 0.307 e. The number of unbranched alkanes of at least 4 members (excludes halogenated alkanes) is 5. The molecule has 0 saturated heterocycles. The summed E-state index contributed by atoms with van der Waals surface area (Å²) in [5, 5.41) is 9.25. The number of hydrogen-bond acceptors (Lipinski definition) is 8. The molecular formula is C26H45NO8. The third kappa shape index (κ3) is 13.0. The molecule has 9 nitrogen and oxygen atoms in total. The maximum atomic E-state index is 12.4. The van der Waals surface area contributed by atoms with Crippen molar-refractivity contribution in [3.05, 3.63) is 22.3 Å². The van der Waals surface area contributed by atoms with Gasteiger partial charge in [-0.25, -0.2) is 0 Å². The lowest BCUT2D eigenvalue weighted by Gasteiger charge is -2.25. The third-order valence-corrected chi connectivity index (χ3v) is 6.75. The molecule has 0 aromatic rings. The lowest BCUT2D eigenvalue weighted by molar-refractivity contribution is -0.777. The monoisotopic (exact) mass is 499 g/mol. The van der Waals surface area contributed by atoms with Crippen LogP contribution in [-0.4, -0.2) is 49.6 Å². The highest BCUT2D eigenvalue weighted by Crippen LogP contribution is 2.41. The van der Waals surface area contributed by atoms with E-state index in [9.17, 15) is 19.7 Å². The van der Waals surface area contributed by atoms with Gasteiger partial charge in [-0.2, -0.15) is 0 Å². The Morgan fingerprint density at radius 2 is 1.66 bits per heavy atom. The Labute approximate surface area is 210 Å². The van der Waals surface area contributed by atoms with Gasteiger partial charge in [-0.15, -0.1) is 10.1 Å². The van der Waals surface area contributed by atoms with Crippen molar-refractivity contribution in [2.75, 3.05) is 14.2 Å². The van der Waals surface area contributed by atoms with Gasteiger partial charge < -0.3 is 14.2 Å². The second kappa shape index (κ2) is 18.3. The Balaban J connectivity index is 2.44. The van der Waals surface area contributed by atoms with E-state index in [2.05, 4.69) is 17.8 Å². The van der Waals surface area contributed by atoms with E-state index < -0.39 is 17.3 Å². The predicted molar refractivity (Wildman–Crippen MR) is 132 cm³/mol. The molecule has 0 amide bonds. The minimum absolute atomic E-state index is 0.0915. The van der Waals surface area contributed by atoms with Crippen LogP contribution in [0.25, 0.3) is 0 Å². The number of carbonyl (C=O) groups is 2. The van der Waals surface area contributed by atoms with Crippen LogP contribution in [0.1, 0.15) is 97.3 Å². The Morgan fingerprint density at radius 1 is 0.971 bits per heavy atom. The summed E-state index contributed by atoms with van der Waals surface area (Å²) in [7, 11) is 3.46. The standard InChI is InChI=1S/C26H45NO8/c1-5-6-7-8-11-14-21(28)17-18-23-22(24(32-3)19-25(23)33-4)15-12-9-10-13-16-26(29)34-20(2)35-27(30)31/h9,12,20,22-25H,5-8,10-11,13-19H2,1-4H3/b12-9-/t20?,22-,23-,24+,25-/m1/s1. The van der Waals surface area contributed by atoms with Gasteiger partial charge in [-0.1, -0.05) is 44.8 Å². The molecule has 35 heavy (non-hydrogen) atoms. The van der Waals surface area contributed by atoms with Crippen molar-refractivity contribution in [1.82, 2.24) is 0 Å². The number of nitrogens with zero attached hydrogens (tertiary/aromatic N) is 1. The zero-order chi connectivity index (χ0) is 26.1. The number of rotatable bonds is 20. The van der Waals surface area contributed by atoms with Gasteiger partial charge in [-0.05, 0) is 50.9 Å². The number of ether oxygens (including phenoxy) is 3. The fourth-order valence-corrected chi connectivity index (χ4v) is 4.90. The number of hydrogen-bond donors (Lipinski definition) is 0. The normalized spacial score (nSPS) is 22.9. The molecule has 1 saturated carbocycles. The van der Waals surface area contributed by atoms with Crippen LogP contribution in [0.2, 0.25) is 0 Å². The molecule has 202 valence electrons. The van der Waals surface area contributed by atoms with Gasteiger partial charge in [0.15, 0.2) is 0 Å². The predicted octanol–water partition coefficient (Wildman–Crippen LogP) is 5.58. The van der Waals surface area contributed by atoms with Crippen molar-refractivity contribution >= 4 is 11.8 Å². The van der Waals surface area contributed by atoms with Gasteiger partial charge in [-0.3, -0.25) is 14.4 Å². The number of allylic oxidation sites excluding steroid dienone is 2. The van der Waals surface area contributed by atoms with E-state index >= 15 is 0 Å². The molecule has 1 aliphatic carbocycles. The van der Waals surface area contributed by atoms with Crippen LogP contribution in [0.5, 0.6) is 0 Å². The van der Waals surface area contributed by atoms with Crippen LogP contribution in [0, 0.1) is 22.0 Å². The molecule has 1 aliphatic rings. The first kappa shape index (κ1) is 31.0. The summed E-state index contributed by atoms with van der Waals surface area (Å²) in [5.74, 6) is 0.373. The Bertz CT molecular complexity index is 653. The number of ketones is 1. The van der Waals surface area contributed by atoms with Crippen molar-refractivity contribution in [3.63, 3.8) is 0 Å². The minimum atomic E-state index is -1.21. The lowest BCUT2D eigenvalue weighted by Crippen LogP contribution is -2.24. The molecule has 1 unspecified atom stereocenters. The van der Waals surface area contributed by atoms with Gasteiger partial charge in [0.2, 0.25) is 6.29 Å². The molecule has 0 spiro atoms. The number of esters is 1. The van der Waals surface area contributed by atoms with Crippen molar-refractivity contribution in [3.8, 4) is 0 Å². The van der Waals surface area contributed by atoms with Crippen molar-refractivity contribution in [1.29, 1.82) is 0 Å². The minimum Gasteiger partial charge on any atom is -0.435 e. The van der Waals surface area contributed by atoms with Gasteiger partial charge >= 0.3 is 5.97 Å². The van der Waals surface area contributed by atoms with E-state index in [1.54, 1.807) is 14.2 Å². The van der Waals surface area contributed by atoms with E-state index in [0.717, 1.165) is 32.1 Å². The average Bonchev–Trinajstić information content (AvgIpc) is 3.15. The fourth-order valence-electron chi connectivity index (χ4n) is 4.90. The van der Waals surface area contributed by atoms with Gasteiger partial charge in [0.05, 0.1) is 12.2 Å². The molecule has 0 bridgehead atoms. The number of carbonyl (C=O) groups excluding carboxylic acids is 2. The molecule has 0 N–H and O–H groups in total. The zero-order valence-electron chi connectivity index (χ0n) is 21.9. The summed E-state index contributed by atoms with van der Waals surface area (Å²) in [6.07, 6.45) is 14.1. The van der Waals surface area contributed by atoms with E-state index in [1.165, 1.54) is 26.2 Å². The number of methoxy groups -OCH3 is 2. The van der Waals surface area contributed by atoms with E-state index in [-0.39, 0.29) is 30.5 Å². The van der Waals surface area contributed by atoms with Gasteiger partial charge in [0, 0.05) is 39.9 Å². The highest BCUT2D eigenvalue weighted by Gasteiger charge is 2.42. The zero-order valence-corrected chi connectivity index (χ0v) is 21.9. The lowest BCUT2D eigenvalue weighted by atomic mass is 9.85. The quantitative estimate of drug-likeness (QED) is 0.0533. The van der Waals surface area contributed by atoms with E-state index in [1.807, 2.05) is 6.08 Å². The van der Waals surface area contributed by atoms with Crippen LogP contribution in [0.15, 0.2) is 12.2 Å². The summed E-state index contributed by atoms with van der Waals surface area (Å²) in [4.78, 5) is 38.5. The summed E-state index contributed by atoms with van der Waals surface area (Å²) >= 11 is 0. The van der Waals surface area contributed by atoms with Crippen molar-refractivity contribution in [2.24, 2.45) is 11.8 Å². The van der Waals surface area contributed by atoms with E-state index in [0.29, 0.717) is 31.5 Å². The highest BCUT2D eigenvalue weighted by molar-refractivity contribution is 5.78. The number of Topliss-reactive ketones (excluding diaryl/α,β-unsaturated/α-hetero) is 1. The van der Waals surface area contributed by atoms with Crippen LogP contribution in [-0.2, 0) is 28.6 Å². The second-order valence-corrected chi connectivity index (χ2v) is 9.34. The van der Waals surface area contributed by atoms with Crippen molar-refractivity contribution < 1.29 is 33.7 Å². The summed E-state index contributed by atoms with van der Waals surface area (Å²) in [6.45, 7) is 3.49. The van der Waals surface area contributed by atoms with Crippen LogP contribution in [0.3, 0.4) is 0 Å². The van der Waals surface area contributed by atoms with Crippen LogP contribution < -0.4 is 0 Å². The maximum absolute atomic E-state index is 12.4. The molecule has 5 atom stereocenters. The first-order valence-electron chi connectivity index (χ1n) is 13.0. The summed E-state index contributed by atoms with van der Waals surface area (Å²) < 4.78 is 16.3. The Hall–Kier alpha value is -2.00. The molecule has 0 aliphatic heterocycles. The molecule has 0 radical (unpaired) electrons. The molecule has 1 rings (SSSR count). The summed E-state index contributed by atoms with van der Waals surface area (Å²) in [5.41, 5.74) is 0. The molecule has 9 heteroatoms. The van der Waals surface area contributed by atoms with Crippen LogP contribution >= 0.6 is 0 Å². The highest BCUT2D eigenvalue weighted by atomic mass is 17.0. The Kier molecular flexibility index (Phi) is 16.2. The summed E-state index contributed by atoms with van der Waals surface area (Å²) in [6, 6.07) is 0. The molecule has 0 aromatic carbocycles. The molecule has 0 aromatic heterocycles. The SMILES string of the molecule is CCCCCCCC(=O)CC[C@@H]1[C@@H](C/C=C\CCCC(=O)OC(C)O[N+](=O)[O-])[C@@H](OC)C[C@H]1OC. The molecule has 1 fully saturated rings. The molecular weight excluding hydrogens is 454 g/mol. The fraction of sp³-hybridized carbons (Fsp3) is 0.846. The smallest absolute Gasteiger partial charge is 0.307 e.